The molecule has 0 bridgehead atoms. The van der Waals surface area contributed by atoms with Crippen LogP contribution in [0.1, 0.15) is 36.2 Å². The lowest BCUT2D eigenvalue weighted by Crippen LogP contribution is -2.40. The summed E-state index contributed by atoms with van der Waals surface area (Å²) in [5, 5.41) is 11.8. The molecule has 0 heterocycles. The molecule has 1 rings (SSSR count). The molecular weight excluding hydrogens is 310 g/mol. The molecule has 2 N–H and O–H groups in total. The number of rotatable bonds is 5. The highest BCUT2D eigenvalue weighted by Gasteiger charge is 2.31. The van der Waals surface area contributed by atoms with Gasteiger partial charge in [-0.05, 0) is 38.0 Å². The van der Waals surface area contributed by atoms with Crippen LogP contribution < -0.4 is 5.32 Å². The fourth-order valence-electron chi connectivity index (χ4n) is 1.46. The van der Waals surface area contributed by atoms with Crippen LogP contribution in [0.25, 0.3) is 0 Å². The number of benzene rings is 1. The van der Waals surface area contributed by atoms with Crippen molar-refractivity contribution in [2.24, 2.45) is 5.41 Å². The number of aliphatic carboxylic acids is 1. The number of amides is 1. The Balaban J connectivity index is 2.75. The second-order valence-electron chi connectivity index (χ2n) is 4.87. The topological polar surface area (TPSA) is 66.4 Å². The van der Waals surface area contributed by atoms with Gasteiger partial charge in [0.15, 0.2) is 0 Å². The van der Waals surface area contributed by atoms with E-state index < -0.39 is 11.4 Å². The molecule has 0 spiro atoms. The molecule has 0 aliphatic carbocycles. The first-order valence-electron chi connectivity index (χ1n) is 6.08. The molecule has 19 heavy (non-hydrogen) atoms. The average Bonchev–Trinajstić information content (AvgIpc) is 2.38. The maximum atomic E-state index is 12.0. The van der Waals surface area contributed by atoms with Gasteiger partial charge in [0.05, 0.1) is 5.41 Å². The minimum atomic E-state index is -0.933. The number of aryl methyl sites for hydroxylation is 1. The molecule has 0 radical (unpaired) electrons. The Morgan fingerprint density at radius 1 is 1.42 bits per heavy atom. The van der Waals surface area contributed by atoms with E-state index in [0.717, 1.165) is 10.0 Å². The van der Waals surface area contributed by atoms with E-state index in [-0.39, 0.29) is 12.5 Å². The molecule has 1 amide bonds. The first-order chi connectivity index (χ1) is 8.80. The van der Waals surface area contributed by atoms with Gasteiger partial charge < -0.3 is 10.4 Å². The van der Waals surface area contributed by atoms with E-state index in [0.29, 0.717) is 12.0 Å². The first kappa shape index (κ1) is 15.7. The number of carboxylic acid groups (broad SMARTS) is 1. The van der Waals surface area contributed by atoms with Crippen LogP contribution in [0.2, 0.25) is 0 Å². The molecule has 104 valence electrons. The third-order valence-corrected chi connectivity index (χ3v) is 4.22. The Kier molecular flexibility index (Phi) is 5.11. The second kappa shape index (κ2) is 6.19. The summed E-state index contributed by atoms with van der Waals surface area (Å²) in [6.45, 7) is 5.47. The van der Waals surface area contributed by atoms with Gasteiger partial charge in [-0.15, -0.1) is 0 Å². The first-order valence-corrected chi connectivity index (χ1v) is 6.87. The summed E-state index contributed by atoms with van der Waals surface area (Å²) >= 11 is 3.37. The van der Waals surface area contributed by atoms with Crippen molar-refractivity contribution in [3.05, 3.63) is 33.8 Å². The Hall–Kier alpha value is -1.36. The van der Waals surface area contributed by atoms with Crippen LogP contribution in [0, 0.1) is 12.3 Å². The molecular formula is C14H18BrNO3. The van der Waals surface area contributed by atoms with Crippen molar-refractivity contribution in [3.63, 3.8) is 0 Å². The zero-order chi connectivity index (χ0) is 14.6. The van der Waals surface area contributed by atoms with Crippen LogP contribution >= 0.6 is 15.9 Å². The summed E-state index contributed by atoms with van der Waals surface area (Å²) in [4.78, 5) is 23.1. The van der Waals surface area contributed by atoms with Crippen LogP contribution in [0.4, 0.5) is 0 Å². The minimum absolute atomic E-state index is 0.114. The van der Waals surface area contributed by atoms with Crippen molar-refractivity contribution in [1.29, 1.82) is 0 Å². The number of carboxylic acids is 1. The van der Waals surface area contributed by atoms with E-state index in [1.54, 1.807) is 26.0 Å². The number of hydrogen-bond donors (Lipinski definition) is 2. The summed E-state index contributed by atoms with van der Waals surface area (Å²) in [5.41, 5.74) is 0.624. The fourth-order valence-corrected chi connectivity index (χ4v) is 1.84. The zero-order valence-electron chi connectivity index (χ0n) is 11.3. The molecule has 1 atom stereocenters. The minimum Gasteiger partial charge on any atom is -0.481 e. The molecule has 5 heteroatoms. The van der Waals surface area contributed by atoms with E-state index in [2.05, 4.69) is 21.2 Å². The third-order valence-electron chi connectivity index (χ3n) is 3.37. The van der Waals surface area contributed by atoms with E-state index in [4.69, 9.17) is 5.11 Å². The number of nitrogens with one attached hydrogen (secondary N) is 1. The molecule has 0 aromatic heterocycles. The smallest absolute Gasteiger partial charge is 0.311 e. The maximum Gasteiger partial charge on any atom is 0.311 e. The SMILES string of the molecule is CCC(C)(CNC(=O)c1ccc(C)c(Br)c1)C(=O)O. The highest BCUT2D eigenvalue weighted by molar-refractivity contribution is 9.10. The van der Waals surface area contributed by atoms with Gasteiger partial charge in [-0.3, -0.25) is 9.59 Å². The van der Waals surface area contributed by atoms with Crippen molar-refractivity contribution in [2.75, 3.05) is 6.54 Å². The lowest BCUT2D eigenvalue weighted by Gasteiger charge is -2.23. The van der Waals surface area contributed by atoms with Crippen LogP contribution in [0.3, 0.4) is 0 Å². The maximum absolute atomic E-state index is 12.0. The van der Waals surface area contributed by atoms with Crippen molar-refractivity contribution in [3.8, 4) is 0 Å². The van der Waals surface area contributed by atoms with Gasteiger partial charge in [-0.1, -0.05) is 28.9 Å². The number of halogens is 1. The third kappa shape index (κ3) is 3.80. The van der Waals surface area contributed by atoms with Gasteiger partial charge in [-0.25, -0.2) is 0 Å². The molecule has 1 aromatic carbocycles. The molecule has 0 saturated carbocycles. The molecule has 1 unspecified atom stereocenters. The second-order valence-corrected chi connectivity index (χ2v) is 5.72. The predicted molar refractivity (Wildman–Crippen MR) is 77.2 cm³/mol. The molecule has 1 aromatic rings. The largest absolute Gasteiger partial charge is 0.481 e. The highest BCUT2D eigenvalue weighted by Crippen LogP contribution is 2.21. The summed E-state index contributed by atoms with van der Waals surface area (Å²) in [6.07, 6.45) is 0.459. The van der Waals surface area contributed by atoms with E-state index >= 15 is 0 Å². The summed E-state index contributed by atoms with van der Waals surface area (Å²) in [7, 11) is 0. The van der Waals surface area contributed by atoms with Crippen molar-refractivity contribution in [2.45, 2.75) is 27.2 Å². The summed E-state index contributed by atoms with van der Waals surface area (Å²) in [6, 6.07) is 5.30. The van der Waals surface area contributed by atoms with Gasteiger partial charge in [-0.2, -0.15) is 0 Å². The summed E-state index contributed by atoms with van der Waals surface area (Å²) < 4.78 is 0.858. The fraction of sp³-hybridized carbons (Fsp3) is 0.429. The quantitative estimate of drug-likeness (QED) is 0.873. The Bertz CT molecular complexity index is 501. The van der Waals surface area contributed by atoms with Crippen LogP contribution in [-0.4, -0.2) is 23.5 Å². The van der Waals surface area contributed by atoms with Gasteiger partial charge in [0, 0.05) is 16.6 Å². The van der Waals surface area contributed by atoms with Crippen molar-refractivity contribution < 1.29 is 14.7 Å². The van der Waals surface area contributed by atoms with Crippen LogP contribution in [0.15, 0.2) is 22.7 Å². The van der Waals surface area contributed by atoms with E-state index in [9.17, 15) is 9.59 Å². The monoisotopic (exact) mass is 327 g/mol. The van der Waals surface area contributed by atoms with Crippen LogP contribution in [0.5, 0.6) is 0 Å². The Morgan fingerprint density at radius 2 is 2.05 bits per heavy atom. The highest BCUT2D eigenvalue weighted by atomic mass is 79.9. The van der Waals surface area contributed by atoms with Gasteiger partial charge >= 0.3 is 5.97 Å². The molecule has 4 nitrogen and oxygen atoms in total. The van der Waals surface area contributed by atoms with Crippen molar-refractivity contribution >= 4 is 27.8 Å². The van der Waals surface area contributed by atoms with Crippen molar-refractivity contribution in [1.82, 2.24) is 5.32 Å². The lowest BCUT2D eigenvalue weighted by atomic mass is 9.87. The average molecular weight is 328 g/mol. The normalized spacial score (nSPS) is 13.7. The van der Waals surface area contributed by atoms with Crippen LogP contribution in [-0.2, 0) is 4.79 Å². The van der Waals surface area contributed by atoms with E-state index in [1.807, 2.05) is 13.0 Å². The van der Waals surface area contributed by atoms with Gasteiger partial charge in [0.2, 0.25) is 0 Å². The number of hydrogen-bond acceptors (Lipinski definition) is 2. The van der Waals surface area contributed by atoms with Gasteiger partial charge in [0.1, 0.15) is 0 Å². The Labute approximate surface area is 121 Å². The molecule has 0 fully saturated rings. The number of carbonyl (C=O) groups is 2. The zero-order valence-corrected chi connectivity index (χ0v) is 12.9. The van der Waals surface area contributed by atoms with E-state index in [1.165, 1.54) is 0 Å². The summed E-state index contributed by atoms with van der Waals surface area (Å²) in [5.74, 6) is -1.16. The number of carbonyl (C=O) groups excluding carboxylic acids is 1. The van der Waals surface area contributed by atoms with Gasteiger partial charge in [0.25, 0.3) is 5.91 Å². The standard InChI is InChI=1S/C14H18BrNO3/c1-4-14(3,13(18)19)8-16-12(17)10-6-5-9(2)11(15)7-10/h5-7H,4,8H2,1-3H3,(H,16,17)(H,18,19). The molecule has 0 saturated heterocycles. The molecule has 0 aliphatic heterocycles. The predicted octanol–water partition coefficient (Wildman–Crippen LogP) is 2.99. The lowest BCUT2D eigenvalue weighted by molar-refractivity contribution is -0.147. The Morgan fingerprint density at radius 3 is 2.53 bits per heavy atom. The molecule has 0 aliphatic rings.